The van der Waals surface area contributed by atoms with Gasteiger partial charge in [0.05, 0.1) is 22.0 Å². The van der Waals surface area contributed by atoms with E-state index in [2.05, 4.69) is 10.0 Å². The fourth-order valence-electron chi connectivity index (χ4n) is 2.49. The molecule has 2 aromatic carbocycles. The van der Waals surface area contributed by atoms with Gasteiger partial charge in [-0.25, -0.2) is 8.42 Å². The maximum Gasteiger partial charge on any atom is 0.229 e. The van der Waals surface area contributed by atoms with Gasteiger partial charge in [-0.3, -0.25) is 4.72 Å². The summed E-state index contributed by atoms with van der Waals surface area (Å²) < 4.78 is 30.6. The van der Waals surface area contributed by atoms with Gasteiger partial charge in [0.25, 0.3) is 0 Å². The van der Waals surface area contributed by atoms with Crippen LogP contribution in [-0.4, -0.2) is 45.6 Å². The second kappa shape index (κ2) is 10.3. The second-order valence-electron chi connectivity index (χ2n) is 6.52. The molecular formula is C19H24Cl2N2O4S. The van der Waals surface area contributed by atoms with Crippen LogP contribution < -0.4 is 14.8 Å². The number of anilines is 1. The van der Waals surface area contributed by atoms with Crippen molar-refractivity contribution >= 4 is 38.9 Å². The molecule has 9 heteroatoms. The van der Waals surface area contributed by atoms with Crippen LogP contribution in [0.2, 0.25) is 10.0 Å². The van der Waals surface area contributed by atoms with E-state index in [4.69, 9.17) is 27.9 Å². The highest BCUT2D eigenvalue weighted by molar-refractivity contribution is 7.92. The summed E-state index contributed by atoms with van der Waals surface area (Å²) >= 11 is 11.9. The lowest BCUT2D eigenvalue weighted by molar-refractivity contribution is 0.106. The average molecular weight is 447 g/mol. The topological polar surface area (TPSA) is 87.7 Å². The molecule has 0 fully saturated rings. The van der Waals surface area contributed by atoms with Crippen LogP contribution in [0.15, 0.2) is 36.4 Å². The summed E-state index contributed by atoms with van der Waals surface area (Å²) in [5, 5.41) is 14.3. The maximum atomic E-state index is 11.3. The van der Waals surface area contributed by atoms with E-state index in [0.717, 1.165) is 23.8 Å². The molecule has 28 heavy (non-hydrogen) atoms. The smallest absolute Gasteiger partial charge is 0.229 e. The molecule has 2 rings (SSSR count). The van der Waals surface area contributed by atoms with Crippen molar-refractivity contribution < 1.29 is 18.3 Å². The molecule has 1 atom stereocenters. The van der Waals surface area contributed by atoms with Gasteiger partial charge in [-0.05, 0) is 61.3 Å². The van der Waals surface area contributed by atoms with Crippen molar-refractivity contribution in [2.45, 2.75) is 19.4 Å². The zero-order valence-corrected chi connectivity index (χ0v) is 18.0. The van der Waals surface area contributed by atoms with E-state index in [-0.39, 0.29) is 6.61 Å². The lowest BCUT2D eigenvalue weighted by atomic mass is 10.1. The number of rotatable bonds is 10. The number of nitrogens with one attached hydrogen (secondary N) is 2. The van der Waals surface area contributed by atoms with Gasteiger partial charge in [0, 0.05) is 6.54 Å². The minimum absolute atomic E-state index is 0.123. The van der Waals surface area contributed by atoms with Crippen LogP contribution in [0, 0.1) is 6.92 Å². The molecule has 154 valence electrons. The number of ether oxygens (including phenoxy) is 1. The fraction of sp³-hybridized carbons (Fsp3) is 0.368. The number of aliphatic hydroxyl groups is 1. The van der Waals surface area contributed by atoms with Gasteiger partial charge < -0.3 is 15.2 Å². The predicted molar refractivity (Wildman–Crippen MR) is 114 cm³/mol. The lowest BCUT2D eigenvalue weighted by Crippen LogP contribution is -2.32. The molecule has 0 unspecified atom stereocenters. The first-order chi connectivity index (χ1) is 13.1. The molecule has 3 N–H and O–H groups in total. The number of hydrogen-bond acceptors (Lipinski definition) is 5. The van der Waals surface area contributed by atoms with E-state index < -0.39 is 16.1 Å². The van der Waals surface area contributed by atoms with E-state index in [1.165, 1.54) is 0 Å². The van der Waals surface area contributed by atoms with Crippen molar-refractivity contribution in [3.05, 3.63) is 57.6 Å². The zero-order chi connectivity index (χ0) is 20.7. The van der Waals surface area contributed by atoms with Gasteiger partial charge in [0.1, 0.15) is 18.5 Å². The molecule has 0 amide bonds. The summed E-state index contributed by atoms with van der Waals surface area (Å²) in [6, 6.07) is 10.5. The number of aryl methyl sites for hydroxylation is 1. The van der Waals surface area contributed by atoms with E-state index in [9.17, 15) is 13.5 Å². The van der Waals surface area contributed by atoms with Gasteiger partial charge in [-0.2, -0.15) is 0 Å². The highest BCUT2D eigenvalue weighted by Gasteiger charge is 2.09. The third-order valence-electron chi connectivity index (χ3n) is 3.89. The quantitative estimate of drug-likeness (QED) is 0.487. The molecule has 0 spiro atoms. The Balaban J connectivity index is 1.72. The van der Waals surface area contributed by atoms with Gasteiger partial charge >= 0.3 is 0 Å². The Morgan fingerprint density at radius 2 is 1.89 bits per heavy atom. The summed E-state index contributed by atoms with van der Waals surface area (Å²) in [6.45, 7) is 2.97. The third-order valence-corrected chi connectivity index (χ3v) is 5.22. The Morgan fingerprint density at radius 1 is 1.14 bits per heavy atom. The van der Waals surface area contributed by atoms with Crippen LogP contribution >= 0.6 is 23.2 Å². The minimum Gasteiger partial charge on any atom is -0.491 e. The summed E-state index contributed by atoms with van der Waals surface area (Å²) in [6.07, 6.45) is 1.18. The predicted octanol–water partition coefficient (Wildman–Crippen LogP) is 3.25. The molecule has 0 radical (unpaired) electrons. The highest BCUT2D eigenvalue weighted by atomic mass is 35.5. The summed E-state index contributed by atoms with van der Waals surface area (Å²) in [7, 11) is -3.33. The van der Waals surface area contributed by atoms with Gasteiger partial charge in [0.2, 0.25) is 10.0 Å². The minimum atomic E-state index is -3.33. The lowest BCUT2D eigenvalue weighted by Gasteiger charge is -2.15. The van der Waals surface area contributed by atoms with Crippen LogP contribution in [0.1, 0.15) is 11.1 Å². The number of aliphatic hydroxyl groups excluding tert-OH is 1. The zero-order valence-electron chi connectivity index (χ0n) is 15.7. The van der Waals surface area contributed by atoms with Crippen LogP contribution in [0.5, 0.6) is 5.75 Å². The van der Waals surface area contributed by atoms with E-state index in [0.29, 0.717) is 34.6 Å². The van der Waals surface area contributed by atoms with Crippen molar-refractivity contribution in [1.82, 2.24) is 5.32 Å². The molecule has 0 bridgehead atoms. The Kier molecular flexibility index (Phi) is 8.39. The Bertz CT molecular complexity index is 907. The monoisotopic (exact) mass is 446 g/mol. The standard InChI is InChI=1S/C19H24Cl2N2O4S/c1-13-9-16(4-6-19(13)23-28(2,25)26)27-12-15(24)11-22-8-7-14-3-5-17(20)18(21)10-14/h3-6,9-10,15,22-24H,7-8,11-12H2,1-2H3/t15-/m0/s1. The molecule has 0 aliphatic heterocycles. The van der Waals surface area contributed by atoms with Gasteiger partial charge in [-0.15, -0.1) is 0 Å². The summed E-state index contributed by atoms with van der Waals surface area (Å²) in [4.78, 5) is 0. The first kappa shape index (κ1) is 22.8. The number of sulfonamides is 1. The molecule has 0 saturated carbocycles. The van der Waals surface area contributed by atoms with Crippen molar-refractivity contribution in [2.75, 3.05) is 30.7 Å². The Hall–Kier alpha value is -1.51. The normalized spacial score (nSPS) is 12.6. The van der Waals surface area contributed by atoms with E-state index in [1.807, 2.05) is 12.1 Å². The Morgan fingerprint density at radius 3 is 2.54 bits per heavy atom. The van der Waals surface area contributed by atoms with Gasteiger partial charge in [-0.1, -0.05) is 29.3 Å². The number of benzene rings is 2. The second-order valence-corrected chi connectivity index (χ2v) is 9.08. The van der Waals surface area contributed by atoms with Crippen molar-refractivity contribution in [3.8, 4) is 5.75 Å². The molecule has 0 aromatic heterocycles. The average Bonchev–Trinajstić information content (AvgIpc) is 2.61. The number of halogens is 2. The van der Waals surface area contributed by atoms with Crippen LogP contribution in [0.25, 0.3) is 0 Å². The van der Waals surface area contributed by atoms with Crippen molar-refractivity contribution in [1.29, 1.82) is 0 Å². The molecular weight excluding hydrogens is 423 g/mol. The van der Waals surface area contributed by atoms with E-state index >= 15 is 0 Å². The van der Waals surface area contributed by atoms with Crippen LogP contribution in [0.4, 0.5) is 5.69 Å². The van der Waals surface area contributed by atoms with Crippen molar-refractivity contribution in [3.63, 3.8) is 0 Å². The number of hydrogen-bond donors (Lipinski definition) is 3. The molecule has 6 nitrogen and oxygen atoms in total. The molecule has 0 heterocycles. The first-order valence-electron chi connectivity index (χ1n) is 8.68. The summed E-state index contributed by atoms with van der Waals surface area (Å²) in [5.74, 6) is 0.561. The maximum absolute atomic E-state index is 11.3. The van der Waals surface area contributed by atoms with E-state index in [1.54, 1.807) is 31.2 Å². The van der Waals surface area contributed by atoms with Crippen LogP contribution in [0.3, 0.4) is 0 Å². The fourth-order valence-corrected chi connectivity index (χ4v) is 3.44. The summed E-state index contributed by atoms with van der Waals surface area (Å²) in [5.41, 5.74) is 2.29. The van der Waals surface area contributed by atoms with Gasteiger partial charge in [0.15, 0.2) is 0 Å². The Labute approximate surface area is 175 Å². The SMILES string of the molecule is Cc1cc(OC[C@@H](O)CNCCc2ccc(Cl)c(Cl)c2)ccc1NS(C)(=O)=O. The molecule has 2 aromatic rings. The van der Waals surface area contributed by atoms with Crippen molar-refractivity contribution in [2.24, 2.45) is 0 Å². The van der Waals surface area contributed by atoms with Crippen LogP contribution in [-0.2, 0) is 16.4 Å². The first-order valence-corrected chi connectivity index (χ1v) is 11.3. The largest absolute Gasteiger partial charge is 0.491 e. The third kappa shape index (κ3) is 7.85. The molecule has 0 aliphatic rings. The molecule has 0 aliphatic carbocycles. The highest BCUT2D eigenvalue weighted by Crippen LogP contribution is 2.23. The molecule has 0 saturated heterocycles.